The Kier molecular flexibility index (Phi) is 5.74. The van der Waals surface area contributed by atoms with Crippen molar-refractivity contribution in [2.45, 2.75) is 45.4 Å². The third-order valence-corrected chi connectivity index (χ3v) is 3.94. The molecule has 0 spiro atoms. The molecular formula is C16H18ClF2N3O3. The molecule has 0 aliphatic carbocycles. The number of halogens is 3. The fourth-order valence-electron chi connectivity index (χ4n) is 2.13. The number of hydrogen-bond donors (Lipinski definition) is 1. The minimum atomic E-state index is -3.39. The SMILES string of the molecule is CCC(=O)Cn1nc(-c2ccc(Cl)cc2)n(CC(O)C(C)(F)F)c1=O. The topological polar surface area (TPSA) is 77.1 Å². The van der Waals surface area contributed by atoms with Gasteiger partial charge in [-0.1, -0.05) is 18.5 Å². The van der Waals surface area contributed by atoms with Gasteiger partial charge >= 0.3 is 5.69 Å². The molecule has 0 amide bonds. The van der Waals surface area contributed by atoms with Crippen LogP contribution in [-0.4, -0.2) is 37.3 Å². The number of carbonyl (C=O) groups excluding carboxylic acids is 1. The van der Waals surface area contributed by atoms with Crippen molar-refractivity contribution in [3.05, 3.63) is 39.8 Å². The van der Waals surface area contributed by atoms with Crippen LogP contribution in [-0.2, 0) is 17.9 Å². The molecule has 1 heterocycles. The first kappa shape index (κ1) is 19.3. The number of nitrogens with zero attached hydrogens (tertiary/aromatic N) is 3. The quantitative estimate of drug-likeness (QED) is 0.808. The van der Waals surface area contributed by atoms with Crippen molar-refractivity contribution in [1.29, 1.82) is 0 Å². The van der Waals surface area contributed by atoms with Gasteiger partial charge in [-0.25, -0.2) is 18.3 Å². The zero-order chi connectivity index (χ0) is 18.8. The minimum Gasteiger partial charge on any atom is -0.385 e. The summed E-state index contributed by atoms with van der Waals surface area (Å²) in [6.45, 7) is 1.30. The number of Topliss-reactive ketones (excluding diaryl/α,β-unsaturated/α-hetero) is 1. The molecule has 0 fully saturated rings. The third kappa shape index (κ3) is 4.52. The van der Waals surface area contributed by atoms with E-state index in [1.165, 1.54) is 0 Å². The molecule has 1 atom stereocenters. The van der Waals surface area contributed by atoms with Crippen molar-refractivity contribution in [3.8, 4) is 11.4 Å². The summed E-state index contributed by atoms with van der Waals surface area (Å²) in [6.07, 6.45) is -1.86. The Balaban J connectivity index is 2.51. The van der Waals surface area contributed by atoms with E-state index >= 15 is 0 Å². The molecular weight excluding hydrogens is 356 g/mol. The largest absolute Gasteiger partial charge is 0.385 e. The second-order valence-corrected chi connectivity index (χ2v) is 6.18. The van der Waals surface area contributed by atoms with Crippen molar-refractivity contribution in [2.24, 2.45) is 0 Å². The van der Waals surface area contributed by atoms with Gasteiger partial charge in [0, 0.05) is 23.9 Å². The Labute approximate surface area is 147 Å². The van der Waals surface area contributed by atoms with E-state index < -0.39 is 24.3 Å². The van der Waals surface area contributed by atoms with Crippen molar-refractivity contribution in [3.63, 3.8) is 0 Å². The zero-order valence-corrected chi connectivity index (χ0v) is 14.5. The molecule has 2 aromatic rings. The van der Waals surface area contributed by atoms with E-state index in [1.54, 1.807) is 31.2 Å². The second-order valence-electron chi connectivity index (χ2n) is 5.75. The van der Waals surface area contributed by atoms with Crippen LogP contribution in [0.4, 0.5) is 8.78 Å². The lowest BCUT2D eigenvalue weighted by Gasteiger charge is -2.18. The Morgan fingerprint density at radius 3 is 2.48 bits per heavy atom. The molecule has 1 N–H and O–H groups in total. The molecule has 9 heteroatoms. The van der Waals surface area contributed by atoms with Crippen LogP contribution in [0.15, 0.2) is 29.1 Å². The normalized spacial score (nSPS) is 13.0. The van der Waals surface area contributed by atoms with E-state index in [0.717, 1.165) is 9.25 Å². The van der Waals surface area contributed by atoms with Crippen molar-refractivity contribution in [1.82, 2.24) is 14.3 Å². The number of alkyl halides is 2. The van der Waals surface area contributed by atoms with Crippen LogP contribution in [0.25, 0.3) is 11.4 Å². The van der Waals surface area contributed by atoms with Gasteiger partial charge in [-0.05, 0) is 24.3 Å². The lowest BCUT2D eigenvalue weighted by atomic mass is 10.2. The minimum absolute atomic E-state index is 0.0777. The maximum absolute atomic E-state index is 13.3. The fraction of sp³-hybridized carbons (Fsp3) is 0.438. The molecule has 1 aromatic carbocycles. The Morgan fingerprint density at radius 1 is 1.36 bits per heavy atom. The summed E-state index contributed by atoms with van der Waals surface area (Å²) in [4.78, 5) is 24.1. The van der Waals surface area contributed by atoms with Gasteiger partial charge in [0.1, 0.15) is 12.6 Å². The second kappa shape index (κ2) is 7.45. The van der Waals surface area contributed by atoms with E-state index in [2.05, 4.69) is 5.10 Å². The lowest BCUT2D eigenvalue weighted by molar-refractivity contribution is -0.119. The molecule has 2 rings (SSSR count). The van der Waals surface area contributed by atoms with Crippen LogP contribution in [0.2, 0.25) is 5.02 Å². The van der Waals surface area contributed by atoms with Crippen LogP contribution < -0.4 is 5.69 Å². The first-order valence-electron chi connectivity index (χ1n) is 7.64. The molecule has 0 aliphatic heterocycles. The monoisotopic (exact) mass is 373 g/mol. The maximum Gasteiger partial charge on any atom is 0.346 e. The number of benzene rings is 1. The van der Waals surface area contributed by atoms with Crippen molar-refractivity contribution in [2.75, 3.05) is 0 Å². The highest BCUT2D eigenvalue weighted by Gasteiger charge is 2.34. The maximum atomic E-state index is 13.3. The molecule has 0 bridgehead atoms. The molecule has 1 unspecified atom stereocenters. The molecule has 0 saturated heterocycles. The summed E-state index contributed by atoms with van der Waals surface area (Å²) in [7, 11) is 0. The summed E-state index contributed by atoms with van der Waals surface area (Å²) >= 11 is 5.83. The number of rotatable bonds is 7. The summed E-state index contributed by atoms with van der Waals surface area (Å²) in [5.74, 6) is -3.54. The number of aliphatic hydroxyl groups excluding tert-OH is 1. The van der Waals surface area contributed by atoms with Gasteiger partial charge in [-0.2, -0.15) is 0 Å². The summed E-state index contributed by atoms with van der Waals surface area (Å²) in [5.41, 5.74) is -0.286. The van der Waals surface area contributed by atoms with Crippen LogP contribution in [0.3, 0.4) is 0 Å². The predicted octanol–water partition coefficient (Wildman–Crippen LogP) is 2.36. The predicted molar refractivity (Wildman–Crippen MR) is 88.9 cm³/mol. The number of carbonyl (C=O) groups is 1. The summed E-state index contributed by atoms with van der Waals surface area (Å²) in [6, 6.07) is 6.27. The number of aromatic nitrogens is 3. The molecule has 136 valence electrons. The van der Waals surface area contributed by atoms with Crippen LogP contribution in [0.1, 0.15) is 20.3 Å². The highest BCUT2D eigenvalue weighted by molar-refractivity contribution is 6.30. The molecule has 0 radical (unpaired) electrons. The van der Waals surface area contributed by atoms with E-state index in [9.17, 15) is 23.5 Å². The van der Waals surface area contributed by atoms with Gasteiger partial charge in [0.15, 0.2) is 11.6 Å². The average molecular weight is 374 g/mol. The molecule has 0 saturated carbocycles. The average Bonchev–Trinajstić information content (AvgIpc) is 2.84. The Hall–Kier alpha value is -2.06. The molecule has 25 heavy (non-hydrogen) atoms. The Morgan fingerprint density at radius 2 is 1.96 bits per heavy atom. The van der Waals surface area contributed by atoms with Gasteiger partial charge in [0.2, 0.25) is 0 Å². The van der Waals surface area contributed by atoms with E-state index in [1.807, 2.05) is 0 Å². The Bertz CT molecular complexity index is 810. The smallest absolute Gasteiger partial charge is 0.346 e. The van der Waals surface area contributed by atoms with Gasteiger partial charge in [0.05, 0.1) is 6.54 Å². The van der Waals surface area contributed by atoms with E-state index in [4.69, 9.17) is 11.6 Å². The lowest BCUT2D eigenvalue weighted by Crippen LogP contribution is -2.38. The van der Waals surface area contributed by atoms with E-state index in [-0.39, 0.29) is 24.6 Å². The van der Waals surface area contributed by atoms with Crippen molar-refractivity contribution >= 4 is 17.4 Å². The van der Waals surface area contributed by atoms with Gasteiger partial charge in [-0.3, -0.25) is 9.36 Å². The zero-order valence-electron chi connectivity index (χ0n) is 13.7. The number of ketones is 1. The molecule has 0 aliphatic rings. The van der Waals surface area contributed by atoms with E-state index in [0.29, 0.717) is 17.5 Å². The standard InChI is InChI=1S/C16H18ClF2N3O3/c1-3-12(23)8-22-15(25)21(9-13(24)16(2,18)19)14(20-22)10-4-6-11(17)7-5-10/h4-7,13,24H,3,8-9H2,1-2H3. The number of aliphatic hydroxyl groups is 1. The molecule has 6 nitrogen and oxygen atoms in total. The van der Waals surface area contributed by atoms with Gasteiger partial charge in [0.25, 0.3) is 5.92 Å². The van der Waals surface area contributed by atoms with Gasteiger partial charge < -0.3 is 5.11 Å². The molecule has 1 aromatic heterocycles. The van der Waals surface area contributed by atoms with Crippen LogP contribution in [0.5, 0.6) is 0 Å². The first-order chi connectivity index (χ1) is 11.6. The summed E-state index contributed by atoms with van der Waals surface area (Å²) in [5, 5.41) is 14.2. The van der Waals surface area contributed by atoms with Crippen molar-refractivity contribution < 1.29 is 18.7 Å². The third-order valence-electron chi connectivity index (χ3n) is 3.69. The fourth-order valence-corrected chi connectivity index (χ4v) is 2.26. The summed E-state index contributed by atoms with van der Waals surface area (Å²) < 4.78 is 28.5. The highest BCUT2D eigenvalue weighted by atomic mass is 35.5. The first-order valence-corrected chi connectivity index (χ1v) is 8.02. The highest BCUT2D eigenvalue weighted by Crippen LogP contribution is 2.22. The van der Waals surface area contributed by atoms with Crippen LogP contribution in [0, 0.1) is 0 Å². The van der Waals surface area contributed by atoms with Gasteiger partial charge in [-0.15, -0.1) is 5.10 Å². The number of hydrogen-bond acceptors (Lipinski definition) is 4. The van der Waals surface area contributed by atoms with Crippen LogP contribution >= 0.6 is 11.6 Å².